The molecule has 2 heterocycles. The fourth-order valence-electron chi connectivity index (χ4n) is 3.75. The second-order valence-electron chi connectivity index (χ2n) is 7.06. The summed E-state index contributed by atoms with van der Waals surface area (Å²) in [5, 5.41) is 12.6. The Balaban J connectivity index is 1.71. The van der Waals surface area contributed by atoms with Crippen LogP contribution in [0, 0.1) is 6.92 Å². The third-order valence-corrected chi connectivity index (χ3v) is 5.23. The number of benzene rings is 2. The molecule has 0 bridgehead atoms. The van der Waals surface area contributed by atoms with Gasteiger partial charge in [0.15, 0.2) is 5.82 Å². The van der Waals surface area contributed by atoms with Crippen LogP contribution in [0.15, 0.2) is 48.5 Å². The summed E-state index contributed by atoms with van der Waals surface area (Å²) in [4.78, 5) is 2.47. The van der Waals surface area contributed by atoms with Gasteiger partial charge < -0.3 is 4.74 Å². The molecule has 1 aromatic heterocycles. The summed E-state index contributed by atoms with van der Waals surface area (Å²) in [6.45, 7) is 5.21. The maximum Gasteiger partial charge on any atom is 0.173 e. The van der Waals surface area contributed by atoms with Crippen LogP contribution in [0.4, 0.5) is 0 Å². The van der Waals surface area contributed by atoms with Crippen LogP contribution in [0.3, 0.4) is 0 Å². The van der Waals surface area contributed by atoms with Crippen LogP contribution in [-0.2, 0) is 24.2 Å². The van der Waals surface area contributed by atoms with Gasteiger partial charge in [-0.25, -0.2) is 4.68 Å². The molecule has 0 saturated carbocycles. The number of hydrogen-bond donors (Lipinski definition) is 0. The summed E-state index contributed by atoms with van der Waals surface area (Å²) < 4.78 is 7.10. The normalized spacial score (nSPS) is 15.5. The summed E-state index contributed by atoms with van der Waals surface area (Å²) in [5.74, 6) is 0.871. The summed E-state index contributed by atoms with van der Waals surface area (Å²) in [7, 11) is 1.70. The van der Waals surface area contributed by atoms with E-state index in [1.54, 1.807) is 7.11 Å². The highest BCUT2D eigenvalue weighted by Gasteiger charge is 2.30. The van der Waals surface area contributed by atoms with Crippen LogP contribution in [-0.4, -0.2) is 45.4 Å². The number of aromatic nitrogens is 4. The van der Waals surface area contributed by atoms with Gasteiger partial charge in [0, 0.05) is 20.2 Å². The lowest BCUT2D eigenvalue weighted by molar-refractivity contribution is 0.170. The summed E-state index contributed by atoms with van der Waals surface area (Å²) in [6, 6.07) is 17.4. The van der Waals surface area contributed by atoms with Crippen LogP contribution in [0.5, 0.6) is 0 Å². The molecule has 0 saturated heterocycles. The molecule has 0 unspecified atom stereocenters. The Morgan fingerprint density at radius 1 is 1.07 bits per heavy atom. The van der Waals surface area contributed by atoms with Crippen molar-refractivity contribution in [3.05, 3.63) is 76.6 Å². The molecular formula is C21H25N5O. The van der Waals surface area contributed by atoms with E-state index in [0.29, 0.717) is 13.2 Å². The molecule has 27 heavy (non-hydrogen) atoms. The van der Waals surface area contributed by atoms with Gasteiger partial charge in [0.1, 0.15) is 0 Å². The number of methoxy groups -OCH3 is 1. The Hall–Kier alpha value is -2.57. The molecule has 140 valence electrons. The van der Waals surface area contributed by atoms with E-state index >= 15 is 0 Å². The van der Waals surface area contributed by atoms with Crippen molar-refractivity contribution < 1.29 is 4.74 Å². The quantitative estimate of drug-likeness (QED) is 0.674. The lowest BCUT2D eigenvalue weighted by atomic mass is 9.95. The molecule has 4 rings (SSSR count). The van der Waals surface area contributed by atoms with E-state index in [1.165, 1.54) is 22.3 Å². The van der Waals surface area contributed by atoms with Gasteiger partial charge in [-0.1, -0.05) is 54.1 Å². The lowest BCUT2D eigenvalue weighted by Gasteiger charge is -2.35. The average Bonchev–Trinajstić information content (AvgIpc) is 3.16. The first-order valence-corrected chi connectivity index (χ1v) is 9.38. The Labute approximate surface area is 159 Å². The van der Waals surface area contributed by atoms with Crippen molar-refractivity contribution in [1.82, 2.24) is 25.1 Å². The Bertz CT molecular complexity index is 890. The highest BCUT2D eigenvalue weighted by Crippen LogP contribution is 2.32. The molecule has 1 aliphatic rings. The minimum Gasteiger partial charge on any atom is -0.383 e. The van der Waals surface area contributed by atoms with Crippen molar-refractivity contribution in [3.63, 3.8) is 0 Å². The van der Waals surface area contributed by atoms with Crippen LogP contribution in [0.2, 0.25) is 0 Å². The standard InChI is InChI=1S/C21H25N5O/c1-16-7-9-18(10-8-16)20(21-22-23-24-26(21)13-14-27-2)25-12-11-17-5-3-4-6-19(17)15-25/h3-10,20H,11-15H2,1-2H3/t20-/m1/s1. The van der Waals surface area contributed by atoms with E-state index in [2.05, 4.69) is 75.9 Å². The van der Waals surface area contributed by atoms with E-state index in [4.69, 9.17) is 4.74 Å². The zero-order chi connectivity index (χ0) is 18.6. The molecule has 0 spiro atoms. The minimum absolute atomic E-state index is 0.0193. The Kier molecular flexibility index (Phi) is 5.27. The van der Waals surface area contributed by atoms with Gasteiger partial charge in [0.05, 0.1) is 19.2 Å². The molecule has 0 amide bonds. The zero-order valence-electron chi connectivity index (χ0n) is 15.9. The molecule has 0 N–H and O–H groups in total. The first-order chi connectivity index (χ1) is 13.3. The maximum atomic E-state index is 5.23. The zero-order valence-corrected chi connectivity index (χ0v) is 15.9. The lowest BCUT2D eigenvalue weighted by Crippen LogP contribution is -2.36. The van der Waals surface area contributed by atoms with Gasteiger partial charge in [0.2, 0.25) is 0 Å². The van der Waals surface area contributed by atoms with Crippen molar-refractivity contribution in [3.8, 4) is 0 Å². The largest absolute Gasteiger partial charge is 0.383 e. The fraction of sp³-hybridized carbons (Fsp3) is 0.381. The number of aryl methyl sites for hydroxylation is 1. The van der Waals surface area contributed by atoms with E-state index < -0.39 is 0 Å². The molecule has 1 aliphatic heterocycles. The van der Waals surface area contributed by atoms with Crippen molar-refractivity contribution in [2.24, 2.45) is 0 Å². The number of ether oxygens (including phenoxy) is 1. The van der Waals surface area contributed by atoms with E-state index in [0.717, 1.165) is 25.3 Å². The topological polar surface area (TPSA) is 56.1 Å². The number of nitrogens with zero attached hydrogens (tertiary/aromatic N) is 5. The van der Waals surface area contributed by atoms with Crippen LogP contribution >= 0.6 is 0 Å². The van der Waals surface area contributed by atoms with Gasteiger partial charge in [0.25, 0.3) is 0 Å². The molecular weight excluding hydrogens is 338 g/mol. The molecule has 0 radical (unpaired) electrons. The first kappa shape index (κ1) is 17.8. The molecule has 0 aliphatic carbocycles. The van der Waals surface area contributed by atoms with Crippen molar-refractivity contribution in [2.45, 2.75) is 32.5 Å². The molecule has 2 aromatic carbocycles. The van der Waals surface area contributed by atoms with Gasteiger partial charge in [-0.05, 0) is 40.5 Å². The predicted molar refractivity (Wildman–Crippen MR) is 103 cm³/mol. The van der Waals surface area contributed by atoms with Crippen LogP contribution < -0.4 is 0 Å². The second kappa shape index (κ2) is 7.98. The second-order valence-corrected chi connectivity index (χ2v) is 7.06. The Morgan fingerprint density at radius 2 is 1.85 bits per heavy atom. The van der Waals surface area contributed by atoms with Crippen molar-refractivity contribution in [2.75, 3.05) is 20.3 Å². The van der Waals surface area contributed by atoms with Crippen LogP contribution in [0.25, 0.3) is 0 Å². The molecule has 3 aromatic rings. The van der Waals surface area contributed by atoms with Crippen LogP contribution in [0.1, 0.15) is 34.1 Å². The van der Waals surface area contributed by atoms with Gasteiger partial charge in [-0.15, -0.1) is 5.10 Å². The first-order valence-electron chi connectivity index (χ1n) is 9.38. The molecule has 1 atom stereocenters. The minimum atomic E-state index is 0.0193. The smallest absolute Gasteiger partial charge is 0.173 e. The predicted octanol–water partition coefficient (Wildman–Crippen LogP) is 2.78. The average molecular weight is 363 g/mol. The van der Waals surface area contributed by atoms with Crippen molar-refractivity contribution >= 4 is 0 Å². The third-order valence-electron chi connectivity index (χ3n) is 5.23. The Morgan fingerprint density at radius 3 is 2.63 bits per heavy atom. The van der Waals surface area contributed by atoms with Gasteiger partial charge in [-0.3, -0.25) is 4.90 Å². The molecule has 6 nitrogen and oxygen atoms in total. The number of rotatable bonds is 6. The maximum absolute atomic E-state index is 5.23. The van der Waals surface area contributed by atoms with Gasteiger partial charge in [-0.2, -0.15) is 0 Å². The monoisotopic (exact) mass is 363 g/mol. The van der Waals surface area contributed by atoms with Crippen molar-refractivity contribution in [1.29, 1.82) is 0 Å². The molecule has 6 heteroatoms. The number of tetrazole rings is 1. The fourth-order valence-corrected chi connectivity index (χ4v) is 3.75. The number of hydrogen-bond acceptors (Lipinski definition) is 5. The van der Waals surface area contributed by atoms with E-state index in [1.807, 2.05) is 4.68 Å². The van der Waals surface area contributed by atoms with Gasteiger partial charge >= 0.3 is 0 Å². The third kappa shape index (κ3) is 3.77. The van der Waals surface area contributed by atoms with E-state index in [-0.39, 0.29) is 6.04 Å². The summed E-state index contributed by atoms with van der Waals surface area (Å²) in [6.07, 6.45) is 1.04. The molecule has 0 fully saturated rings. The highest BCUT2D eigenvalue weighted by atomic mass is 16.5. The highest BCUT2D eigenvalue weighted by molar-refractivity contribution is 5.32. The number of fused-ring (bicyclic) bond motifs is 1. The van der Waals surface area contributed by atoms with E-state index in [9.17, 15) is 0 Å². The summed E-state index contributed by atoms with van der Waals surface area (Å²) >= 11 is 0. The summed E-state index contributed by atoms with van der Waals surface area (Å²) in [5.41, 5.74) is 5.29. The SMILES string of the molecule is COCCn1nnnc1[C@@H](c1ccc(C)cc1)N1CCc2ccccc2C1.